The maximum absolute atomic E-state index is 13.3. The molecular formula is C28H29NO2. The minimum absolute atomic E-state index is 0.0598. The Morgan fingerprint density at radius 1 is 0.871 bits per heavy atom. The molecule has 31 heavy (non-hydrogen) atoms. The number of carbonyl (C=O) groups excluding carboxylic acids is 1. The normalized spacial score (nSPS) is 15.5. The molecule has 0 aromatic heterocycles. The molecule has 3 aromatic rings. The van der Waals surface area contributed by atoms with Gasteiger partial charge in [-0.15, -0.1) is 0 Å². The first-order valence-electron chi connectivity index (χ1n) is 11.0. The molecule has 3 nitrogen and oxygen atoms in total. The number of amides is 1. The van der Waals surface area contributed by atoms with Crippen LogP contribution in [0.2, 0.25) is 0 Å². The van der Waals surface area contributed by atoms with Crippen LogP contribution in [-0.4, -0.2) is 13.0 Å². The van der Waals surface area contributed by atoms with Crippen LogP contribution in [0.15, 0.2) is 91.0 Å². The maximum atomic E-state index is 13.3. The van der Waals surface area contributed by atoms with Gasteiger partial charge in [-0.1, -0.05) is 85.6 Å². The van der Waals surface area contributed by atoms with E-state index in [0.29, 0.717) is 5.92 Å². The summed E-state index contributed by atoms with van der Waals surface area (Å²) < 4.78 is 5.30. The van der Waals surface area contributed by atoms with E-state index in [1.165, 1.54) is 12.8 Å². The summed E-state index contributed by atoms with van der Waals surface area (Å²) in [6.07, 6.45) is 6.58. The lowest BCUT2D eigenvalue weighted by Crippen LogP contribution is -2.28. The second-order valence-electron chi connectivity index (χ2n) is 8.07. The number of benzene rings is 3. The highest BCUT2D eigenvalue weighted by Gasteiger charge is 2.22. The number of hydrogen-bond acceptors (Lipinski definition) is 2. The molecule has 0 radical (unpaired) electrons. The largest absolute Gasteiger partial charge is 0.497 e. The van der Waals surface area contributed by atoms with Gasteiger partial charge >= 0.3 is 0 Å². The zero-order valence-corrected chi connectivity index (χ0v) is 18.0. The zero-order chi connectivity index (χ0) is 21.5. The van der Waals surface area contributed by atoms with Crippen LogP contribution in [0, 0.1) is 5.92 Å². The van der Waals surface area contributed by atoms with E-state index in [-0.39, 0.29) is 11.9 Å². The second-order valence-corrected chi connectivity index (χ2v) is 8.07. The fourth-order valence-corrected chi connectivity index (χ4v) is 4.43. The third-order valence-corrected chi connectivity index (χ3v) is 6.06. The molecule has 4 rings (SSSR count). The van der Waals surface area contributed by atoms with Crippen LogP contribution in [0.4, 0.5) is 0 Å². The van der Waals surface area contributed by atoms with Gasteiger partial charge in [-0.05, 0) is 53.2 Å². The third-order valence-electron chi connectivity index (χ3n) is 6.06. The Morgan fingerprint density at radius 3 is 2.06 bits per heavy atom. The van der Waals surface area contributed by atoms with Crippen molar-refractivity contribution in [3.8, 4) is 5.75 Å². The third kappa shape index (κ3) is 5.24. The molecule has 158 valence electrons. The van der Waals surface area contributed by atoms with Crippen molar-refractivity contribution < 1.29 is 9.53 Å². The van der Waals surface area contributed by atoms with E-state index in [0.717, 1.165) is 40.9 Å². The van der Waals surface area contributed by atoms with Crippen molar-refractivity contribution in [2.75, 3.05) is 7.11 Å². The van der Waals surface area contributed by atoms with Gasteiger partial charge < -0.3 is 10.1 Å². The molecule has 0 saturated heterocycles. The van der Waals surface area contributed by atoms with Crippen molar-refractivity contribution >= 4 is 11.5 Å². The van der Waals surface area contributed by atoms with Crippen LogP contribution in [0.1, 0.15) is 48.4 Å². The molecule has 1 atom stereocenters. The lowest BCUT2D eigenvalue weighted by Gasteiger charge is -2.21. The van der Waals surface area contributed by atoms with Gasteiger partial charge in [0.05, 0.1) is 13.2 Å². The van der Waals surface area contributed by atoms with Gasteiger partial charge in [-0.2, -0.15) is 0 Å². The van der Waals surface area contributed by atoms with Gasteiger partial charge in [0.25, 0.3) is 0 Å². The SMILES string of the molecule is COc1ccc(C(NC(=O)C=C(c2ccccc2)C2CCCC2)c2ccccc2)cc1. The number of allylic oxidation sites excluding steroid dienone is 1. The summed E-state index contributed by atoms with van der Waals surface area (Å²) in [5, 5.41) is 3.25. The van der Waals surface area contributed by atoms with E-state index >= 15 is 0 Å². The summed E-state index contributed by atoms with van der Waals surface area (Å²) >= 11 is 0. The average Bonchev–Trinajstić information content (AvgIpc) is 3.37. The fourth-order valence-electron chi connectivity index (χ4n) is 4.43. The van der Waals surface area contributed by atoms with Crippen LogP contribution in [0.25, 0.3) is 5.57 Å². The van der Waals surface area contributed by atoms with E-state index in [9.17, 15) is 4.79 Å². The van der Waals surface area contributed by atoms with E-state index < -0.39 is 0 Å². The quantitative estimate of drug-likeness (QED) is 0.472. The number of hydrogen-bond donors (Lipinski definition) is 1. The minimum atomic E-state index is -0.226. The molecule has 1 amide bonds. The zero-order valence-electron chi connectivity index (χ0n) is 18.0. The highest BCUT2D eigenvalue weighted by Crippen LogP contribution is 2.36. The molecule has 3 aromatic carbocycles. The molecule has 1 fully saturated rings. The summed E-state index contributed by atoms with van der Waals surface area (Å²) in [6, 6.07) is 28.1. The fraction of sp³-hybridized carbons (Fsp3) is 0.250. The highest BCUT2D eigenvalue weighted by molar-refractivity contribution is 5.96. The van der Waals surface area contributed by atoms with E-state index in [1.54, 1.807) is 7.11 Å². The molecule has 1 N–H and O–H groups in total. The number of ether oxygens (including phenoxy) is 1. The van der Waals surface area contributed by atoms with Crippen LogP contribution in [-0.2, 0) is 4.79 Å². The second kappa shape index (κ2) is 10.1. The van der Waals surface area contributed by atoms with Crippen LogP contribution >= 0.6 is 0 Å². The van der Waals surface area contributed by atoms with Crippen molar-refractivity contribution in [3.63, 3.8) is 0 Å². The standard InChI is InChI=1S/C28H29NO2/c1-31-25-18-16-24(17-19-25)28(23-14-6-3-7-15-23)29-27(30)20-26(22-12-8-9-13-22)21-10-4-2-5-11-21/h2-7,10-11,14-20,22,28H,8-9,12-13H2,1H3,(H,29,30). The Balaban J connectivity index is 1.64. The Kier molecular flexibility index (Phi) is 6.83. The lowest BCUT2D eigenvalue weighted by atomic mass is 9.90. The van der Waals surface area contributed by atoms with Gasteiger partial charge in [0, 0.05) is 6.08 Å². The number of carbonyl (C=O) groups is 1. The number of methoxy groups -OCH3 is 1. The summed E-state index contributed by atoms with van der Waals surface area (Å²) in [6.45, 7) is 0. The maximum Gasteiger partial charge on any atom is 0.245 e. The molecule has 0 spiro atoms. The highest BCUT2D eigenvalue weighted by atomic mass is 16.5. The lowest BCUT2D eigenvalue weighted by molar-refractivity contribution is -0.116. The molecule has 1 unspecified atom stereocenters. The minimum Gasteiger partial charge on any atom is -0.497 e. The Labute approximate surface area is 184 Å². The average molecular weight is 412 g/mol. The van der Waals surface area contributed by atoms with E-state index in [4.69, 9.17) is 4.74 Å². The first kappa shape index (κ1) is 20.9. The molecule has 1 aliphatic rings. The van der Waals surface area contributed by atoms with Crippen molar-refractivity contribution in [3.05, 3.63) is 108 Å². The van der Waals surface area contributed by atoms with Gasteiger partial charge in [0.15, 0.2) is 0 Å². The molecule has 0 aliphatic heterocycles. The monoisotopic (exact) mass is 411 g/mol. The summed E-state index contributed by atoms with van der Waals surface area (Å²) in [4.78, 5) is 13.3. The van der Waals surface area contributed by atoms with Gasteiger partial charge in [-0.25, -0.2) is 0 Å². The van der Waals surface area contributed by atoms with Crippen LogP contribution < -0.4 is 10.1 Å². The van der Waals surface area contributed by atoms with E-state index in [1.807, 2.05) is 78.9 Å². The molecule has 0 heterocycles. The molecule has 0 bridgehead atoms. The first-order valence-corrected chi connectivity index (χ1v) is 11.0. The predicted molar refractivity (Wildman–Crippen MR) is 126 cm³/mol. The molecular weight excluding hydrogens is 382 g/mol. The predicted octanol–water partition coefficient (Wildman–Crippen LogP) is 6.17. The molecule has 1 aliphatic carbocycles. The van der Waals surface area contributed by atoms with Crippen molar-refractivity contribution in [1.82, 2.24) is 5.32 Å². The number of rotatable bonds is 7. The summed E-state index contributed by atoms with van der Waals surface area (Å²) in [5.41, 5.74) is 4.37. The Bertz CT molecular complexity index is 1000. The van der Waals surface area contributed by atoms with E-state index in [2.05, 4.69) is 17.4 Å². The van der Waals surface area contributed by atoms with Crippen LogP contribution in [0.3, 0.4) is 0 Å². The molecule has 3 heteroatoms. The topological polar surface area (TPSA) is 38.3 Å². The Morgan fingerprint density at radius 2 is 1.45 bits per heavy atom. The van der Waals surface area contributed by atoms with Crippen molar-refractivity contribution in [2.24, 2.45) is 5.92 Å². The first-order chi connectivity index (χ1) is 15.2. The number of nitrogens with one attached hydrogen (secondary N) is 1. The van der Waals surface area contributed by atoms with Gasteiger partial charge in [-0.3, -0.25) is 4.79 Å². The van der Waals surface area contributed by atoms with Crippen molar-refractivity contribution in [1.29, 1.82) is 0 Å². The summed E-state index contributed by atoms with van der Waals surface area (Å²) in [7, 11) is 1.66. The molecule has 1 saturated carbocycles. The Hall–Kier alpha value is -3.33. The van der Waals surface area contributed by atoms with Gasteiger partial charge in [0.1, 0.15) is 5.75 Å². The van der Waals surface area contributed by atoms with Gasteiger partial charge in [0.2, 0.25) is 5.91 Å². The summed E-state index contributed by atoms with van der Waals surface area (Å²) in [5.74, 6) is 1.19. The smallest absolute Gasteiger partial charge is 0.245 e. The van der Waals surface area contributed by atoms with Crippen LogP contribution in [0.5, 0.6) is 5.75 Å². The van der Waals surface area contributed by atoms with Crippen molar-refractivity contribution in [2.45, 2.75) is 31.7 Å².